The normalized spacial score (nSPS) is 32.8. The van der Waals surface area contributed by atoms with E-state index in [1.807, 2.05) is 0 Å². The first kappa shape index (κ1) is 7.16. The first-order chi connectivity index (χ1) is 5.72. The van der Waals surface area contributed by atoms with Crippen molar-refractivity contribution in [2.75, 3.05) is 0 Å². The van der Waals surface area contributed by atoms with Crippen LogP contribution in [0.25, 0.3) is 0 Å². The summed E-state index contributed by atoms with van der Waals surface area (Å²) in [5, 5.41) is 0. The molecule has 0 radical (unpaired) electrons. The first-order valence-corrected chi connectivity index (χ1v) is 3.69. The fourth-order valence-electron chi connectivity index (χ4n) is 1.53. The number of Topliss-reactive ketones (excluding diaryl/α,β-unsaturated/α-hetero) is 3. The maximum atomic E-state index is 11.1. The van der Waals surface area contributed by atoms with Crippen LogP contribution in [0, 0.1) is 11.8 Å². The number of carbonyl (C=O) groups excluding carboxylic acids is 3. The molecule has 2 atom stereocenters. The summed E-state index contributed by atoms with van der Waals surface area (Å²) in [5.74, 6) is -3.01. The molecule has 1 saturated carbocycles. The van der Waals surface area contributed by atoms with Gasteiger partial charge in [0.15, 0.2) is 0 Å². The van der Waals surface area contributed by atoms with Gasteiger partial charge in [0.2, 0.25) is 11.6 Å². The van der Waals surface area contributed by atoms with Gasteiger partial charge in [-0.3, -0.25) is 14.4 Å². The standard InChI is InChI=1S/C9H6O3/c10-7-5-3-1-2-4-6(5)8(11)9(7)12/h1-6H. The van der Waals surface area contributed by atoms with Crippen LogP contribution in [0.2, 0.25) is 0 Å². The first-order valence-electron chi connectivity index (χ1n) is 3.69. The highest BCUT2D eigenvalue weighted by atomic mass is 16.2. The van der Waals surface area contributed by atoms with E-state index in [1.165, 1.54) is 0 Å². The van der Waals surface area contributed by atoms with E-state index in [9.17, 15) is 14.4 Å². The van der Waals surface area contributed by atoms with Gasteiger partial charge >= 0.3 is 0 Å². The number of fused-ring (bicyclic) bond motifs is 1. The Labute approximate surface area is 68.8 Å². The molecule has 60 valence electrons. The minimum atomic E-state index is -0.846. The highest BCUT2D eigenvalue weighted by molar-refractivity contribution is 6.68. The lowest BCUT2D eigenvalue weighted by molar-refractivity contribution is -0.140. The van der Waals surface area contributed by atoms with Crippen LogP contribution in [0.4, 0.5) is 0 Å². The van der Waals surface area contributed by atoms with Crippen molar-refractivity contribution in [3.8, 4) is 0 Å². The maximum Gasteiger partial charge on any atom is 0.265 e. The second-order valence-corrected chi connectivity index (χ2v) is 2.88. The molecule has 0 heterocycles. The Hall–Kier alpha value is -1.51. The van der Waals surface area contributed by atoms with Gasteiger partial charge in [-0.2, -0.15) is 0 Å². The Morgan fingerprint density at radius 2 is 1.25 bits per heavy atom. The summed E-state index contributed by atoms with van der Waals surface area (Å²) in [4.78, 5) is 33.1. The smallest absolute Gasteiger partial charge is 0.265 e. The van der Waals surface area contributed by atoms with Crippen LogP contribution in [-0.4, -0.2) is 17.3 Å². The van der Waals surface area contributed by atoms with Gasteiger partial charge in [0.25, 0.3) is 5.78 Å². The SMILES string of the molecule is O=C1C(=O)C2C=CC=CC2C1=O. The molecule has 2 aliphatic rings. The number of ketones is 3. The second kappa shape index (κ2) is 2.24. The van der Waals surface area contributed by atoms with E-state index >= 15 is 0 Å². The van der Waals surface area contributed by atoms with E-state index in [4.69, 9.17) is 0 Å². The molecule has 0 saturated heterocycles. The van der Waals surface area contributed by atoms with Crippen LogP contribution in [0.3, 0.4) is 0 Å². The molecule has 3 heteroatoms. The minimum Gasteiger partial charge on any atom is -0.290 e. The van der Waals surface area contributed by atoms with Gasteiger partial charge < -0.3 is 0 Å². The van der Waals surface area contributed by atoms with Gasteiger partial charge in [0, 0.05) is 0 Å². The summed E-state index contributed by atoms with van der Waals surface area (Å²) >= 11 is 0. The highest BCUT2D eigenvalue weighted by Gasteiger charge is 2.46. The Kier molecular flexibility index (Phi) is 1.33. The van der Waals surface area contributed by atoms with Crippen molar-refractivity contribution in [2.24, 2.45) is 11.8 Å². The van der Waals surface area contributed by atoms with E-state index < -0.39 is 29.2 Å². The van der Waals surface area contributed by atoms with Crippen molar-refractivity contribution in [3.63, 3.8) is 0 Å². The van der Waals surface area contributed by atoms with Crippen molar-refractivity contribution < 1.29 is 14.4 Å². The van der Waals surface area contributed by atoms with Crippen LogP contribution in [0.5, 0.6) is 0 Å². The van der Waals surface area contributed by atoms with Gasteiger partial charge in [-0.15, -0.1) is 0 Å². The molecule has 2 rings (SSSR count). The van der Waals surface area contributed by atoms with Crippen molar-refractivity contribution in [2.45, 2.75) is 0 Å². The van der Waals surface area contributed by atoms with Gasteiger partial charge in [-0.25, -0.2) is 0 Å². The Balaban J connectivity index is 2.46. The molecule has 12 heavy (non-hydrogen) atoms. The quantitative estimate of drug-likeness (QED) is 0.473. The zero-order chi connectivity index (χ0) is 8.72. The molecule has 0 aliphatic heterocycles. The zero-order valence-electron chi connectivity index (χ0n) is 6.19. The number of allylic oxidation sites excluding steroid dienone is 4. The summed E-state index contributed by atoms with van der Waals surface area (Å²) in [6, 6.07) is 0. The summed E-state index contributed by atoms with van der Waals surface area (Å²) in [6.45, 7) is 0. The van der Waals surface area contributed by atoms with E-state index in [0.29, 0.717) is 0 Å². The third-order valence-electron chi connectivity index (χ3n) is 2.19. The average Bonchev–Trinajstić information content (AvgIpc) is 2.33. The van der Waals surface area contributed by atoms with Crippen molar-refractivity contribution >= 4 is 17.3 Å². The predicted octanol–water partition coefficient (Wildman–Crippen LogP) is 0.0657. The second-order valence-electron chi connectivity index (χ2n) is 2.88. The van der Waals surface area contributed by atoms with E-state index in [1.54, 1.807) is 24.3 Å². The number of hydrogen-bond acceptors (Lipinski definition) is 3. The zero-order valence-corrected chi connectivity index (χ0v) is 6.19. The van der Waals surface area contributed by atoms with Gasteiger partial charge in [0.1, 0.15) is 0 Å². The number of carbonyl (C=O) groups is 3. The lowest BCUT2D eigenvalue weighted by Gasteiger charge is -2.09. The fraction of sp³-hybridized carbons (Fsp3) is 0.222. The van der Waals surface area contributed by atoms with E-state index in [0.717, 1.165) is 0 Å². The molecular formula is C9H6O3. The Morgan fingerprint density at radius 1 is 0.833 bits per heavy atom. The molecule has 0 aromatic rings. The molecule has 2 unspecified atom stereocenters. The molecular weight excluding hydrogens is 156 g/mol. The van der Waals surface area contributed by atoms with Gasteiger partial charge in [-0.05, 0) is 0 Å². The van der Waals surface area contributed by atoms with Crippen molar-refractivity contribution in [3.05, 3.63) is 24.3 Å². The van der Waals surface area contributed by atoms with E-state index in [2.05, 4.69) is 0 Å². The minimum absolute atomic E-state index is 0.519. The van der Waals surface area contributed by atoms with E-state index in [-0.39, 0.29) is 0 Å². The Morgan fingerprint density at radius 3 is 1.67 bits per heavy atom. The molecule has 0 spiro atoms. The summed E-state index contributed by atoms with van der Waals surface area (Å²) in [5.41, 5.74) is 0. The lowest BCUT2D eigenvalue weighted by Crippen LogP contribution is -2.14. The molecule has 0 amide bonds. The van der Waals surface area contributed by atoms with Crippen LogP contribution in [-0.2, 0) is 14.4 Å². The summed E-state index contributed by atoms with van der Waals surface area (Å²) < 4.78 is 0. The third-order valence-corrected chi connectivity index (χ3v) is 2.19. The number of hydrogen-bond donors (Lipinski definition) is 0. The molecule has 0 N–H and O–H groups in total. The largest absolute Gasteiger partial charge is 0.290 e. The topological polar surface area (TPSA) is 51.2 Å². The predicted molar refractivity (Wildman–Crippen MR) is 40.3 cm³/mol. The number of rotatable bonds is 0. The third kappa shape index (κ3) is 0.733. The molecule has 0 aromatic carbocycles. The Bertz CT molecular complexity index is 304. The maximum absolute atomic E-state index is 11.1. The van der Waals surface area contributed by atoms with Crippen molar-refractivity contribution in [1.82, 2.24) is 0 Å². The molecule has 1 fully saturated rings. The lowest BCUT2D eigenvalue weighted by atomic mass is 9.91. The van der Waals surface area contributed by atoms with Crippen LogP contribution < -0.4 is 0 Å². The highest BCUT2D eigenvalue weighted by Crippen LogP contribution is 2.28. The van der Waals surface area contributed by atoms with Crippen LogP contribution in [0.1, 0.15) is 0 Å². The van der Waals surface area contributed by atoms with Crippen molar-refractivity contribution in [1.29, 1.82) is 0 Å². The molecule has 2 aliphatic carbocycles. The van der Waals surface area contributed by atoms with Crippen LogP contribution >= 0.6 is 0 Å². The summed E-state index contributed by atoms with van der Waals surface area (Å²) in [7, 11) is 0. The molecule has 0 bridgehead atoms. The fourth-order valence-corrected chi connectivity index (χ4v) is 1.53. The summed E-state index contributed by atoms with van der Waals surface area (Å²) in [6.07, 6.45) is 6.58. The molecule has 3 nitrogen and oxygen atoms in total. The monoisotopic (exact) mass is 162 g/mol. The van der Waals surface area contributed by atoms with Gasteiger partial charge in [0.05, 0.1) is 11.8 Å². The van der Waals surface area contributed by atoms with Gasteiger partial charge in [-0.1, -0.05) is 24.3 Å². The molecule has 0 aromatic heterocycles. The average molecular weight is 162 g/mol. The van der Waals surface area contributed by atoms with Crippen LogP contribution in [0.15, 0.2) is 24.3 Å².